The van der Waals surface area contributed by atoms with Gasteiger partial charge in [0.15, 0.2) is 0 Å². The number of benzene rings is 3. The molecule has 0 bridgehead atoms. The molecular weight excluding hydrogens is 428 g/mol. The van der Waals surface area contributed by atoms with E-state index in [4.69, 9.17) is 4.98 Å². The molecule has 4 aromatic rings. The molecule has 0 atom stereocenters. The Hall–Kier alpha value is -3.37. The minimum Gasteiger partial charge on any atom is -0.392 e. The molecule has 0 unspecified atom stereocenters. The van der Waals surface area contributed by atoms with Crippen molar-refractivity contribution in [3.63, 3.8) is 0 Å². The van der Waals surface area contributed by atoms with Crippen LogP contribution in [0, 0.1) is 18.6 Å². The van der Waals surface area contributed by atoms with Gasteiger partial charge >= 0.3 is 0 Å². The predicted molar refractivity (Wildman–Crippen MR) is 134 cm³/mol. The van der Waals surface area contributed by atoms with Crippen molar-refractivity contribution < 1.29 is 13.9 Å². The lowest BCUT2D eigenvalue weighted by atomic mass is 9.85. The van der Waals surface area contributed by atoms with Crippen LogP contribution in [0.1, 0.15) is 47.7 Å². The van der Waals surface area contributed by atoms with Crippen molar-refractivity contribution in [2.75, 3.05) is 0 Å². The Balaban J connectivity index is 1.95. The maximum atomic E-state index is 13.8. The lowest BCUT2D eigenvalue weighted by Crippen LogP contribution is -2.10. The van der Waals surface area contributed by atoms with Crippen LogP contribution in [0.2, 0.25) is 0 Å². The summed E-state index contributed by atoms with van der Waals surface area (Å²) in [7, 11) is 0. The van der Waals surface area contributed by atoms with Crippen LogP contribution in [0.3, 0.4) is 0 Å². The molecule has 0 saturated carbocycles. The van der Waals surface area contributed by atoms with Crippen LogP contribution in [0.25, 0.3) is 22.4 Å². The quantitative estimate of drug-likeness (QED) is 0.314. The molecule has 0 aliphatic carbocycles. The summed E-state index contributed by atoms with van der Waals surface area (Å²) in [6.07, 6.45) is 1.55. The van der Waals surface area contributed by atoms with E-state index in [1.165, 1.54) is 35.4 Å². The second-order valence-electron chi connectivity index (χ2n) is 8.99. The van der Waals surface area contributed by atoms with Gasteiger partial charge in [-0.05, 0) is 84.3 Å². The van der Waals surface area contributed by atoms with E-state index >= 15 is 0 Å². The number of aliphatic hydroxyl groups excluding tert-OH is 1. The third-order valence-corrected chi connectivity index (χ3v) is 6.13. The molecule has 34 heavy (non-hydrogen) atoms. The normalized spacial score (nSPS) is 11.3. The Morgan fingerprint density at radius 2 is 1.41 bits per heavy atom. The van der Waals surface area contributed by atoms with Gasteiger partial charge < -0.3 is 5.11 Å². The molecule has 1 N–H and O–H groups in total. The van der Waals surface area contributed by atoms with Gasteiger partial charge in [0, 0.05) is 16.8 Å². The van der Waals surface area contributed by atoms with E-state index in [9.17, 15) is 13.9 Å². The zero-order valence-corrected chi connectivity index (χ0v) is 19.8. The van der Waals surface area contributed by atoms with Crippen molar-refractivity contribution in [2.24, 2.45) is 0 Å². The van der Waals surface area contributed by atoms with E-state index in [2.05, 4.69) is 45.0 Å². The molecule has 0 aliphatic heterocycles. The first-order valence-corrected chi connectivity index (χ1v) is 11.6. The van der Waals surface area contributed by atoms with Crippen molar-refractivity contribution in [1.82, 2.24) is 4.98 Å². The molecule has 3 aromatic carbocycles. The third-order valence-electron chi connectivity index (χ3n) is 6.13. The smallest absolute Gasteiger partial charge is 0.123 e. The monoisotopic (exact) mass is 457 g/mol. The molecule has 1 aromatic heterocycles. The highest BCUT2D eigenvalue weighted by atomic mass is 19.1. The second-order valence-corrected chi connectivity index (χ2v) is 8.99. The first-order chi connectivity index (χ1) is 16.4. The fourth-order valence-electron chi connectivity index (χ4n) is 4.52. The van der Waals surface area contributed by atoms with Crippen LogP contribution < -0.4 is 0 Å². The van der Waals surface area contributed by atoms with Gasteiger partial charge in [0.25, 0.3) is 0 Å². The van der Waals surface area contributed by atoms with Gasteiger partial charge in [-0.3, -0.25) is 4.98 Å². The molecule has 0 aliphatic rings. The average Bonchev–Trinajstić information content (AvgIpc) is 2.83. The minimum atomic E-state index is -0.327. The molecule has 0 radical (unpaired) electrons. The lowest BCUT2D eigenvalue weighted by Gasteiger charge is -2.23. The molecule has 174 valence electrons. The summed E-state index contributed by atoms with van der Waals surface area (Å²) in [4.78, 5) is 5.02. The van der Waals surface area contributed by atoms with E-state index < -0.39 is 0 Å². The van der Waals surface area contributed by atoms with E-state index in [1.54, 1.807) is 24.3 Å². The number of aryl methyl sites for hydroxylation is 2. The minimum absolute atomic E-state index is 0.124. The molecule has 0 saturated heterocycles. The van der Waals surface area contributed by atoms with Gasteiger partial charge in [-0.25, -0.2) is 8.78 Å². The second kappa shape index (κ2) is 10.3. The van der Waals surface area contributed by atoms with Crippen molar-refractivity contribution in [1.29, 1.82) is 0 Å². The Morgan fingerprint density at radius 3 is 1.97 bits per heavy atom. The van der Waals surface area contributed by atoms with Crippen molar-refractivity contribution in [2.45, 2.75) is 46.1 Å². The van der Waals surface area contributed by atoms with Crippen LogP contribution in [0.4, 0.5) is 8.78 Å². The number of pyridine rings is 1. The molecule has 0 spiro atoms. The van der Waals surface area contributed by atoms with Crippen LogP contribution in [-0.2, 0) is 19.4 Å². The Kier molecular flexibility index (Phi) is 7.18. The predicted octanol–water partition coefficient (Wildman–Crippen LogP) is 7.40. The van der Waals surface area contributed by atoms with Gasteiger partial charge in [-0.1, -0.05) is 55.8 Å². The fraction of sp³-hybridized carbons (Fsp3) is 0.233. The highest BCUT2D eigenvalue weighted by molar-refractivity contribution is 5.79. The fourth-order valence-corrected chi connectivity index (χ4v) is 4.52. The number of nitrogens with zero attached hydrogens (tertiary/aromatic N) is 1. The van der Waals surface area contributed by atoms with Gasteiger partial charge in [-0.15, -0.1) is 0 Å². The van der Waals surface area contributed by atoms with E-state index in [0.717, 1.165) is 40.8 Å². The van der Waals surface area contributed by atoms with Crippen molar-refractivity contribution in [3.8, 4) is 22.4 Å². The zero-order valence-electron chi connectivity index (χ0n) is 19.8. The summed E-state index contributed by atoms with van der Waals surface area (Å²) < 4.78 is 27.4. The largest absolute Gasteiger partial charge is 0.392 e. The Bertz CT molecular complexity index is 1280. The van der Waals surface area contributed by atoms with Gasteiger partial charge in [0.1, 0.15) is 11.6 Å². The molecule has 1 heterocycles. The molecule has 0 fully saturated rings. The van der Waals surface area contributed by atoms with Gasteiger partial charge in [0.2, 0.25) is 0 Å². The average molecular weight is 458 g/mol. The Labute approximate surface area is 200 Å². The van der Waals surface area contributed by atoms with Gasteiger partial charge in [-0.2, -0.15) is 0 Å². The highest BCUT2D eigenvalue weighted by Crippen LogP contribution is 2.38. The first kappa shape index (κ1) is 23.8. The summed E-state index contributed by atoms with van der Waals surface area (Å²) >= 11 is 0. The van der Waals surface area contributed by atoms with Crippen molar-refractivity contribution >= 4 is 0 Å². The molecule has 0 amide bonds. The van der Waals surface area contributed by atoms with Gasteiger partial charge in [0.05, 0.1) is 12.3 Å². The summed E-state index contributed by atoms with van der Waals surface area (Å²) in [6.45, 7) is 6.04. The maximum Gasteiger partial charge on any atom is 0.123 e. The first-order valence-electron chi connectivity index (χ1n) is 11.6. The number of aromatic nitrogens is 1. The SMILES string of the molecule is Cc1cccc(CCc2c(C(C)C)nc(-c3ccc(F)cc3)c(CO)c2-c2ccc(F)cc2)c1. The van der Waals surface area contributed by atoms with Crippen LogP contribution in [0.5, 0.6) is 0 Å². The molecule has 4 rings (SSSR count). The van der Waals surface area contributed by atoms with E-state index in [1.807, 2.05) is 0 Å². The standard InChI is InChI=1S/C30H29F2NO/c1-19(2)29-26(16-7-21-6-4-5-20(3)17-21)28(22-8-12-24(31)13-9-22)27(18-34)30(33-29)23-10-14-25(32)15-11-23/h4-6,8-15,17,19,34H,7,16,18H2,1-3H3. The number of aliphatic hydroxyl groups is 1. The topological polar surface area (TPSA) is 33.1 Å². The van der Waals surface area contributed by atoms with Crippen LogP contribution in [-0.4, -0.2) is 10.1 Å². The Morgan fingerprint density at radius 1 is 0.794 bits per heavy atom. The summed E-state index contributed by atoms with van der Waals surface area (Å²) in [5, 5.41) is 10.5. The summed E-state index contributed by atoms with van der Waals surface area (Å²) in [6, 6.07) is 21.0. The van der Waals surface area contributed by atoms with Crippen LogP contribution >= 0.6 is 0 Å². The summed E-state index contributed by atoms with van der Waals surface area (Å²) in [5.74, 6) is -0.516. The number of rotatable bonds is 7. The van der Waals surface area contributed by atoms with Crippen LogP contribution in [0.15, 0.2) is 72.8 Å². The summed E-state index contributed by atoms with van der Waals surface area (Å²) in [5.41, 5.74) is 8.17. The zero-order chi connectivity index (χ0) is 24.2. The lowest BCUT2D eigenvalue weighted by molar-refractivity contribution is 0.282. The maximum absolute atomic E-state index is 13.8. The van der Waals surface area contributed by atoms with Crippen molar-refractivity contribution in [3.05, 3.63) is 112 Å². The highest BCUT2D eigenvalue weighted by Gasteiger charge is 2.23. The molecule has 2 nitrogen and oxygen atoms in total. The molecule has 4 heteroatoms. The number of hydrogen-bond donors (Lipinski definition) is 1. The number of halogens is 2. The number of hydrogen-bond acceptors (Lipinski definition) is 2. The molecular formula is C30H29F2NO. The van der Waals surface area contributed by atoms with E-state index in [-0.39, 0.29) is 24.2 Å². The van der Waals surface area contributed by atoms with E-state index in [0.29, 0.717) is 11.3 Å². The third kappa shape index (κ3) is 5.07.